The molecule has 0 saturated carbocycles. The van der Waals surface area contributed by atoms with E-state index in [1.165, 1.54) is 25.5 Å². The van der Waals surface area contributed by atoms with Crippen LogP contribution in [-0.2, 0) is 27.9 Å². The Bertz CT molecular complexity index is 1200. The lowest BCUT2D eigenvalue weighted by molar-refractivity contribution is -0.121. The zero-order chi connectivity index (χ0) is 22.6. The fraction of sp³-hybridized carbons (Fsp3) is 0.320. The van der Waals surface area contributed by atoms with Crippen LogP contribution in [0.25, 0.3) is 10.8 Å². The molecule has 7 heteroatoms. The summed E-state index contributed by atoms with van der Waals surface area (Å²) in [6.07, 6.45) is 2.51. The number of likely N-dealkylation sites (N-methyl/N-ethyl adjacent to an activating group) is 1. The molecule has 1 amide bonds. The summed E-state index contributed by atoms with van der Waals surface area (Å²) in [7, 11) is -2.33. The lowest BCUT2D eigenvalue weighted by atomic mass is 10.1. The molecule has 1 saturated heterocycles. The first kappa shape index (κ1) is 22.5. The molecule has 1 heterocycles. The molecule has 0 atom stereocenters. The number of hydrogen-bond acceptors (Lipinski definition) is 4. The fourth-order valence-corrected chi connectivity index (χ4v) is 5.25. The average Bonchev–Trinajstić information content (AvgIpc) is 3.30. The molecule has 1 aliphatic heterocycles. The Labute approximate surface area is 189 Å². The molecule has 0 radical (unpaired) electrons. The number of benzene rings is 3. The van der Waals surface area contributed by atoms with Gasteiger partial charge in [0.2, 0.25) is 15.9 Å². The van der Waals surface area contributed by atoms with E-state index in [0.29, 0.717) is 6.54 Å². The number of carbonyl (C=O) groups is 1. The minimum Gasteiger partial charge on any atom is -0.351 e. The smallest absolute Gasteiger partial charge is 0.243 e. The van der Waals surface area contributed by atoms with Crippen molar-refractivity contribution >= 4 is 26.7 Å². The van der Waals surface area contributed by atoms with Crippen molar-refractivity contribution in [1.29, 1.82) is 0 Å². The summed E-state index contributed by atoms with van der Waals surface area (Å²) in [5, 5.41) is 4.66. The van der Waals surface area contributed by atoms with Gasteiger partial charge in [-0.05, 0) is 60.0 Å². The first-order valence-electron chi connectivity index (χ1n) is 10.9. The zero-order valence-corrected chi connectivity index (χ0v) is 19.1. The van der Waals surface area contributed by atoms with Crippen LogP contribution in [-0.4, -0.2) is 50.2 Å². The maximum Gasteiger partial charge on any atom is 0.243 e. The fourth-order valence-electron chi connectivity index (χ4n) is 4.09. The van der Waals surface area contributed by atoms with Crippen LogP contribution < -0.4 is 5.32 Å². The number of nitrogens with one attached hydrogen (secondary N) is 1. The third-order valence-corrected chi connectivity index (χ3v) is 7.68. The highest BCUT2D eigenvalue weighted by Crippen LogP contribution is 2.21. The van der Waals surface area contributed by atoms with Gasteiger partial charge in [-0.1, -0.05) is 54.6 Å². The first-order valence-corrected chi connectivity index (χ1v) is 12.4. The topological polar surface area (TPSA) is 69.7 Å². The Morgan fingerprint density at radius 3 is 2.44 bits per heavy atom. The van der Waals surface area contributed by atoms with Crippen LogP contribution in [0.3, 0.4) is 0 Å². The molecule has 4 rings (SSSR count). The third kappa shape index (κ3) is 5.35. The molecule has 1 aliphatic rings. The molecular formula is C25H29N3O3S. The molecule has 0 bridgehead atoms. The summed E-state index contributed by atoms with van der Waals surface area (Å²) in [5.41, 5.74) is 2.24. The van der Waals surface area contributed by atoms with Crippen molar-refractivity contribution in [3.8, 4) is 0 Å². The lowest BCUT2D eigenvalue weighted by Gasteiger charge is -2.18. The van der Waals surface area contributed by atoms with Gasteiger partial charge in [0.25, 0.3) is 0 Å². The number of amides is 1. The summed E-state index contributed by atoms with van der Waals surface area (Å²) in [6.45, 7) is 3.34. The predicted molar refractivity (Wildman–Crippen MR) is 127 cm³/mol. The van der Waals surface area contributed by atoms with Crippen molar-refractivity contribution in [2.45, 2.75) is 30.8 Å². The predicted octanol–water partition coefficient (Wildman–Crippen LogP) is 3.37. The summed E-state index contributed by atoms with van der Waals surface area (Å²) in [5.74, 6) is -0.332. The van der Waals surface area contributed by atoms with Gasteiger partial charge in [0.05, 0.1) is 11.4 Å². The van der Waals surface area contributed by atoms with E-state index in [1.807, 2.05) is 36.4 Å². The molecule has 1 fully saturated rings. The second kappa shape index (κ2) is 9.81. The van der Waals surface area contributed by atoms with Crippen LogP contribution >= 0.6 is 0 Å². The normalized spacial score (nSPS) is 14.8. The second-order valence-electron chi connectivity index (χ2n) is 8.35. The van der Waals surface area contributed by atoms with E-state index in [4.69, 9.17) is 0 Å². The Kier molecular flexibility index (Phi) is 6.89. The summed E-state index contributed by atoms with van der Waals surface area (Å²) >= 11 is 0. The van der Waals surface area contributed by atoms with Crippen LogP contribution in [0.4, 0.5) is 0 Å². The van der Waals surface area contributed by atoms with Crippen LogP contribution in [0.2, 0.25) is 0 Å². The minimum atomic E-state index is -3.76. The number of fused-ring (bicyclic) bond motifs is 1. The standard InChI is InChI=1S/C25H29N3O3S/c1-27(32(30,31)24-12-11-22-9-2-3-10-23(22)16-24)19-25(29)26-17-20-7-6-8-21(15-20)18-28-13-4-5-14-28/h2-3,6-12,15-16H,4-5,13-14,17-19H2,1H3,(H,26,29). The monoisotopic (exact) mass is 451 g/mol. The van der Waals surface area contributed by atoms with Gasteiger partial charge >= 0.3 is 0 Å². The highest BCUT2D eigenvalue weighted by molar-refractivity contribution is 7.89. The van der Waals surface area contributed by atoms with Gasteiger partial charge < -0.3 is 5.32 Å². The molecule has 0 spiro atoms. The van der Waals surface area contributed by atoms with Gasteiger partial charge in [-0.25, -0.2) is 8.42 Å². The summed E-state index contributed by atoms with van der Waals surface area (Å²) in [4.78, 5) is 15.1. The molecule has 0 aromatic heterocycles. The Balaban J connectivity index is 1.35. The summed E-state index contributed by atoms with van der Waals surface area (Å²) in [6, 6.07) is 20.8. The van der Waals surface area contributed by atoms with Crippen LogP contribution in [0.5, 0.6) is 0 Å². The van der Waals surface area contributed by atoms with Crippen molar-refractivity contribution in [2.24, 2.45) is 0 Å². The van der Waals surface area contributed by atoms with Crippen molar-refractivity contribution in [1.82, 2.24) is 14.5 Å². The average molecular weight is 452 g/mol. The minimum absolute atomic E-state index is 0.182. The van der Waals surface area contributed by atoms with Gasteiger partial charge in [0.1, 0.15) is 0 Å². The van der Waals surface area contributed by atoms with E-state index in [1.54, 1.807) is 18.2 Å². The van der Waals surface area contributed by atoms with E-state index < -0.39 is 10.0 Å². The van der Waals surface area contributed by atoms with Gasteiger partial charge in [-0.3, -0.25) is 9.69 Å². The number of rotatable bonds is 8. The number of sulfonamides is 1. The molecule has 3 aromatic rings. The molecule has 6 nitrogen and oxygen atoms in total. The van der Waals surface area contributed by atoms with Crippen LogP contribution in [0.1, 0.15) is 24.0 Å². The number of likely N-dealkylation sites (tertiary alicyclic amines) is 1. The molecule has 32 heavy (non-hydrogen) atoms. The van der Waals surface area contributed by atoms with Gasteiger partial charge in [0.15, 0.2) is 0 Å². The highest BCUT2D eigenvalue weighted by Gasteiger charge is 2.23. The number of carbonyl (C=O) groups excluding carboxylic acids is 1. The van der Waals surface area contributed by atoms with E-state index >= 15 is 0 Å². The third-order valence-electron chi connectivity index (χ3n) is 5.88. The molecular weight excluding hydrogens is 422 g/mol. The van der Waals surface area contributed by atoms with E-state index in [9.17, 15) is 13.2 Å². The highest BCUT2D eigenvalue weighted by atomic mass is 32.2. The maximum absolute atomic E-state index is 12.9. The lowest BCUT2D eigenvalue weighted by Crippen LogP contribution is -2.38. The number of hydrogen-bond donors (Lipinski definition) is 1. The molecule has 0 aliphatic carbocycles. The molecule has 0 unspecified atom stereocenters. The SMILES string of the molecule is CN(CC(=O)NCc1cccc(CN2CCCC2)c1)S(=O)(=O)c1ccc2ccccc2c1. The van der Waals surface area contributed by atoms with Gasteiger partial charge in [-0.15, -0.1) is 0 Å². The van der Waals surface area contributed by atoms with Crippen molar-refractivity contribution in [3.05, 3.63) is 77.9 Å². The second-order valence-corrected chi connectivity index (χ2v) is 10.4. The molecule has 1 N–H and O–H groups in total. The van der Waals surface area contributed by atoms with Gasteiger partial charge in [0, 0.05) is 20.1 Å². The molecule has 168 valence electrons. The summed E-state index contributed by atoms with van der Waals surface area (Å²) < 4.78 is 27.0. The zero-order valence-electron chi connectivity index (χ0n) is 18.3. The largest absolute Gasteiger partial charge is 0.351 e. The van der Waals surface area contributed by atoms with Crippen molar-refractivity contribution in [3.63, 3.8) is 0 Å². The van der Waals surface area contributed by atoms with Crippen molar-refractivity contribution in [2.75, 3.05) is 26.7 Å². The van der Waals surface area contributed by atoms with E-state index in [2.05, 4.69) is 22.3 Å². The van der Waals surface area contributed by atoms with E-state index in [-0.39, 0.29) is 17.3 Å². The van der Waals surface area contributed by atoms with Crippen molar-refractivity contribution < 1.29 is 13.2 Å². The number of nitrogens with zero attached hydrogens (tertiary/aromatic N) is 2. The van der Waals surface area contributed by atoms with Gasteiger partial charge in [-0.2, -0.15) is 4.31 Å². The Hall–Kier alpha value is -2.74. The Morgan fingerprint density at radius 1 is 0.938 bits per heavy atom. The Morgan fingerprint density at radius 2 is 1.66 bits per heavy atom. The van der Waals surface area contributed by atoms with Crippen LogP contribution in [0.15, 0.2) is 71.6 Å². The maximum atomic E-state index is 12.9. The van der Waals surface area contributed by atoms with E-state index in [0.717, 1.165) is 40.3 Å². The molecule has 3 aromatic carbocycles. The first-order chi connectivity index (χ1) is 15.4. The van der Waals surface area contributed by atoms with Crippen LogP contribution in [0, 0.1) is 0 Å². The quantitative estimate of drug-likeness (QED) is 0.570.